The van der Waals surface area contributed by atoms with E-state index >= 15 is 0 Å². The van der Waals surface area contributed by atoms with Gasteiger partial charge in [0.05, 0.1) is 0 Å². The molecule has 0 aliphatic carbocycles. The fourth-order valence-electron chi connectivity index (χ4n) is 1.72. The molecule has 0 aliphatic heterocycles. The summed E-state index contributed by atoms with van der Waals surface area (Å²) < 4.78 is 0. The average Bonchev–Trinajstić information content (AvgIpc) is 2.30. The summed E-state index contributed by atoms with van der Waals surface area (Å²) in [7, 11) is 0. The fourth-order valence-corrected chi connectivity index (χ4v) is 1.72. The van der Waals surface area contributed by atoms with Crippen LogP contribution in [0.15, 0.2) is 42.6 Å². The Morgan fingerprint density at radius 2 is 1.80 bits per heavy atom. The van der Waals surface area contributed by atoms with Crippen LogP contribution in [0.4, 0.5) is 0 Å². The SMILES string of the molecule is CCc1ncccc1-c1ccc(C)cc1. The van der Waals surface area contributed by atoms with Crippen LogP contribution < -0.4 is 0 Å². The molecule has 1 aromatic carbocycles. The van der Waals surface area contributed by atoms with Crippen LogP contribution in [0.25, 0.3) is 11.1 Å². The van der Waals surface area contributed by atoms with E-state index in [2.05, 4.69) is 49.2 Å². The second-order valence-corrected chi connectivity index (χ2v) is 3.72. The molecule has 0 N–H and O–H groups in total. The van der Waals surface area contributed by atoms with Crippen molar-refractivity contribution in [3.8, 4) is 11.1 Å². The molecule has 0 unspecified atom stereocenters. The van der Waals surface area contributed by atoms with Crippen LogP contribution in [-0.4, -0.2) is 4.98 Å². The number of benzene rings is 1. The maximum absolute atomic E-state index is 4.40. The third-order valence-electron chi connectivity index (χ3n) is 2.59. The molecule has 1 aromatic heterocycles. The molecular weight excluding hydrogens is 182 g/mol. The van der Waals surface area contributed by atoms with E-state index in [1.54, 1.807) is 0 Å². The first-order valence-corrected chi connectivity index (χ1v) is 5.32. The quantitative estimate of drug-likeness (QED) is 0.716. The van der Waals surface area contributed by atoms with Gasteiger partial charge >= 0.3 is 0 Å². The van der Waals surface area contributed by atoms with Gasteiger partial charge in [0.2, 0.25) is 0 Å². The molecule has 1 nitrogen and oxygen atoms in total. The van der Waals surface area contributed by atoms with Gasteiger partial charge in [-0.2, -0.15) is 0 Å². The van der Waals surface area contributed by atoms with Crippen molar-refractivity contribution in [1.82, 2.24) is 4.98 Å². The van der Waals surface area contributed by atoms with Crippen molar-refractivity contribution in [2.75, 3.05) is 0 Å². The van der Waals surface area contributed by atoms with Crippen LogP contribution in [0.2, 0.25) is 0 Å². The number of nitrogens with zero attached hydrogens (tertiary/aromatic N) is 1. The maximum Gasteiger partial charge on any atom is 0.0479 e. The van der Waals surface area contributed by atoms with Gasteiger partial charge in [0.1, 0.15) is 0 Å². The Morgan fingerprint density at radius 3 is 2.47 bits per heavy atom. The molecular formula is C14H15N. The van der Waals surface area contributed by atoms with E-state index < -0.39 is 0 Å². The van der Waals surface area contributed by atoms with Crippen molar-refractivity contribution < 1.29 is 0 Å². The van der Waals surface area contributed by atoms with Crippen molar-refractivity contribution in [1.29, 1.82) is 0 Å². The Bertz CT molecular complexity index is 443. The molecule has 1 heterocycles. The maximum atomic E-state index is 4.40. The second kappa shape index (κ2) is 4.26. The zero-order valence-electron chi connectivity index (χ0n) is 9.20. The minimum absolute atomic E-state index is 0.976. The highest BCUT2D eigenvalue weighted by atomic mass is 14.7. The lowest BCUT2D eigenvalue weighted by Crippen LogP contribution is -1.91. The summed E-state index contributed by atoms with van der Waals surface area (Å²) in [5, 5.41) is 0. The summed E-state index contributed by atoms with van der Waals surface area (Å²) in [6.07, 6.45) is 2.83. The van der Waals surface area contributed by atoms with E-state index in [4.69, 9.17) is 0 Å². The lowest BCUT2D eigenvalue weighted by atomic mass is 10.0. The average molecular weight is 197 g/mol. The van der Waals surface area contributed by atoms with Gasteiger partial charge in [-0.25, -0.2) is 0 Å². The molecule has 0 saturated heterocycles. The van der Waals surface area contributed by atoms with E-state index in [9.17, 15) is 0 Å². The summed E-state index contributed by atoms with van der Waals surface area (Å²) in [4.78, 5) is 4.40. The van der Waals surface area contributed by atoms with E-state index in [0.29, 0.717) is 0 Å². The molecule has 0 radical (unpaired) electrons. The topological polar surface area (TPSA) is 12.9 Å². The fraction of sp³-hybridized carbons (Fsp3) is 0.214. The summed E-state index contributed by atoms with van der Waals surface area (Å²) in [5.74, 6) is 0. The van der Waals surface area contributed by atoms with Crippen LogP contribution in [0.1, 0.15) is 18.2 Å². The molecule has 0 aliphatic rings. The summed E-state index contributed by atoms with van der Waals surface area (Å²) >= 11 is 0. The Hall–Kier alpha value is -1.63. The van der Waals surface area contributed by atoms with Gasteiger partial charge in [0.15, 0.2) is 0 Å². The molecule has 0 atom stereocenters. The van der Waals surface area contributed by atoms with Gasteiger partial charge in [-0.3, -0.25) is 4.98 Å². The van der Waals surface area contributed by atoms with Crippen LogP contribution in [0.5, 0.6) is 0 Å². The molecule has 2 rings (SSSR count). The smallest absolute Gasteiger partial charge is 0.0479 e. The number of aryl methyl sites for hydroxylation is 2. The van der Waals surface area contributed by atoms with Gasteiger partial charge in [-0.1, -0.05) is 42.8 Å². The molecule has 0 fully saturated rings. The second-order valence-electron chi connectivity index (χ2n) is 3.72. The van der Waals surface area contributed by atoms with Crippen LogP contribution in [0, 0.1) is 6.92 Å². The first-order chi connectivity index (χ1) is 7.31. The highest BCUT2D eigenvalue weighted by Gasteiger charge is 2.02. The Kier molecular flexibility index (Phi) is 2.82. The van der Waals surface area contributed by atoms with E-state index in [0.717, 1.165) is 6.42 Å². The first-order valence-electron chi connectivity index (χ1n) is 5.32. The van der Waals surface area contributed by atoms with Gasteiger partial charge in [-0.05, 0) is 25.0 Å². The third-order valence-corrected chi connectivity index (χ3v) is 2.59. The molecule has 2 aromatic rings. The van der Waals surface area contributed by atoms with E-state index in [1.807, 2.05) is 12.3 Å². The van der Waals surface area contributed by atoms with Crippen LogP contribution in [0.3, 0.4) is 0 Å². The van der Waals surface area contributed by atoms with Crippen LogP contribution >= 0.6 is 0 Å². The van der Waals surface area contributed by atoms with Crippen molar-refractivity contribution in [3.05, 3.63) is 53.9 Å². The Morgan fingerprint density at radius 1 is 1.07 bits per heavy atom. The largest absolute Gasteiger partial charge is 0.261 e. The van der Waals surface area contributed by atoms with Crippen molar-refractivity contribution >= 4 is 0 Å². The number of hydrogen-bond donors (Lipinski definition) is 0. The number of pyridine rings is 1. The van der Waals surface area contributed by atoms with Gasteiger partial charge in [-0.15, -0.1) is 0 Å². The van der Waals surface area contributed by atoms with Crippen LogP contribution in [-0.2, 0) is 6.42 Å². The molecule has 15 heavy (non-hydrogen) atoms. The van der Waals surface area contributed by atoms with E-state index in [-0.39, 0.29) is 0 Å². The van der Waals surface area contributed by atoms with Gasteiger partial charge < -0.3 is 0 Å². The van der Waals surface area contributed by atoms with Gasteiger partial charge in [0, 0.05) is 17.5 Å². The highest BCUT2D eigenvalue weighted by Crippen LogP contribution is 2.22. The summed E-state index contributed by atoms with van der Waals surface area (Å²) in [5.41, 5.74) is 4.97. The molecule has 0 amide bonds. The lowest BCUT2D eigenvalue weighted by Gasteiger charge is -2.06. The molecule has 0 bridgehead atoms. The normalized spacial score (nSPS) is 10.3. The first kappa shape index (κ1) is 9.91. The number of aromatic nitrogens is 1. The van der Waals surface area contributed by atoms with Crippen molar-refractivity contribution in [2.24, 2.45) is 0 Å². The third kappa shape index (κ3) is 2.07. The van der Waals surface area contributed by atoms with Crippen molar-refractivity contribution in [3.63, 3.8) is 0 Å². The number of hydrogen-bond acceptors (Lipinski definition) is 1. The lowest BCUT2D eigenvalue weighted by molar-refractivity contribution is 1.04. The summed E-state index contributed by atoms with van der Waals surface area (Å²) in [6.45, 7) is 4.24. The van der Waals surface area contributed by atoms with Gasteiger partial charge in [0.25, 0.3) is 0 Å². The standard InChI is InChI=1S/C14H15N/c1-3-14-13(5-4-10-15-14)12-8-6-11(2)7-9-12/h4-10H,3H2,1-2H3. The molecule has 76 valence electrons. The molecule has 1 heteroatoms. The molecule has 0 saturated carbocycles. The number of rotatable bonds is 2. The molecule has 0 spiro atoms. The highest BCUT2D eigenvalue weighted by molar-refractivity contribution is 5.65. The Balaban J connectivity index is 2.49. The minimum Gasteiger partial charge on any atom is -0.261 e. The zero-order chi connectivity index (χ0) is 10.7. The monoisotopic (exact) mass is 197 g/mol. The predicted molar refractivity (Wildman–Crippen MR) is 63.8 cm³/mol. The summed E-state index contributed by atoms with van der Waals surface area (Å²) in [6, 6.07) is 12.7. The van der Waals surface area contributed by atoms with Crippen molar-refractivity contribution in [2.45, 2.75) is 20.3 Å². The van der Waals surface area contributed by atoms with E-state index in [1.165, 1.54) is 22.4 Å². The zero-order valence-corrected chi connectivity index (χ0v) is 9.20. The Labute approximate surface area is 90.8 Å². The minimum atomic E-state index is 0.976. The predicted octanol–water partition coefficient (Wildman–Crippen LogP) is 3.62.